The molecule has 4 aromatic rings. The fraction of sp³-hybridized carbons (Fsp3) is 0.304. The summed E-state index contributed by atoms with van der Waals surface area (Å²) in [7, 11) is 0. The SMILES string of the molecule is O=c1[nH]c(=O)n(Cc2ccc(OC3CCC(Oc4ccc(Cn5oc(=O)[nH]c5=O)cc4)C3)cc2)o1. The van der Waals surface area contributed by atoms with Gasteiger partial charge in [-0.25, -0.2) is 29.1 Å². The van der Waals surface area contributed by atoms with Crippen LogP contribution < -0.4 is 32.4 Å². The predicted octanol–water partition coefficient (Wildman–Crippen LogP) is 1.05. The zero-order valence-electron chi connectivity index (χ0n) is 18.5. The van der Waals surface area contributed by atoms with E-state index in [2.05, 4.69) is 0 Å². The monoisotopic (exact) mass is 482 g/mol. The standard InChI is InChI=1S/C23H22N4O8/c28-20-24-22(30)34-26(20)12-14-1-5-16(6-2-14)32-18-9-10-19(11-18)33-17-7-3-15(4-8-17)13-27-21(29)25-23(31)35-27/h1-8,18-19H,9-13H2,(H,24,28,30)(H,25,29,31). The van der Waals surface area contributed by atoms with Crippen molar-refractivity contribution in [2.45, 2.75) is 44.6 Å². The van der Waals surface area contributed by atoms with Gasteiger partial charge in [-0.2, -0.15) is 0 Å². The second-order valence-corrected chi connectivity index (χ2v) is 8.27. The molecule has 35 heavy (non-hydrogen) atoms. The molecule has 2 N–H and O–H groups in total. The Morgan fingerprint density at radius 3 is 1.43 bits per heavy atom. The highest BCUT2D eigenvalue weighted by Crippen LogP contribution is 2.28. The van der Waals surface area contributed by atoms with Gasteiger partial charge >= 0.3 is 22.9 Å². The van der Waals surface area contributed by atoms with Crippen LogP contribution in [0.1, 0.15) is 30.4 Å². The van der Waals surface area contributed by atoms with Crippen LogP contribution in [0, 0.1) is 0 Å². The van der Waals surface area contributed by atoms with Crippen molar-refractivity contribution in [2.24, 2.45) is 0 Å². The molecule has 2 atom stereocenters. The maximum absolute atomic E-state index is 11.6. The zero-order chi connectivity index (χ0) is 24.4. The number of hydrogen-bond donors (Lipinski definition) is 2. The third-order valence-corrected chi connectivity index (χ3v) is 5.70. The number of rotatable bonds is 8. The van der Waals surface area contributed by atoms with Crippen LogP contribution in [0.15, 0.2) is 76.8 Å². The van der Waals surface area contributed by atoms with Crippen LogP contribution in [0.2, 0.25) is 0 Å². The Kier molecular flexibility index (Phi) is 6.00. The Labute approximate surface area is 196 Å². The highest BCUT2D eigenvalue weighted by molar-refractivity contribution is 5.29. The number of aromatic amines is 2. The maximum atomic E-state index is 11.6. The summed E-state index contributed by atoms with van der Waals surface area (Å²) >= 11 is 0. The molecule has 12 heteroatoms. The Hall–Kier alpha value is -4.48. The van der Waals surface area contributed by atoms with E-state index in [1.807, 2.05) is 58.5 Å². The van der Waals surface area contributed by atoms with Gasteiger partial charge in [-0.05, 0) is 48.2 Å². The molecule has 0 spiro atoms. The fourth-order valence-corrected chi connectivity index (χ4v) is 4.01. The van der Waals surface area contributed by atoms with Gasteiger partial charge < -0.3 is 18.5 Å². The van der Waals surface area contributed by atoms with Crippen molar-refractivity contribution in [3.8, 4) is 11.5 Å². The molecule has 0 amide bonds. The molecule has 1 aliphatic carbocycles. The molecular weight excluding hydrogens is 460 g/mol. The summed E-state index contributed by atoms with van der Waals surface area (Å²) in [5.74, 6) is -0.156. The van der Waals surface area contributed by atoms with Gasteiger partial charge in [-0.15, -0.1) is 9.48 Å². The van der Waals surface area contributed by atoms with Crippen molar-refractivity contribution in [1.82, 2.24) is 19.4 Å². The second kappa shape index (κ2) is 9.41. The van der Waals surface area contributed by atoms with Gasteiger partial charge in [0, 0.05) is 6.42 Å². The summed E-state index contributed by atoms with van der Waals surface area (Å²) < 4.78 is 23.6. The first-order valence-electron chi connectivity index (χ1n) is 11.0. The lowest BCUT2D eigenvalue weighted by molar-refractivity contribution is 0.166. The van der Waals surface area contributed by atoms with E-state index in [0.717, 1.165) is 39.9 Å². The Morgan fingerprint density at radius 1 is 0.686 bits per heavy atom. The number of nitrogens with zero attached hydrogens (tertiary/aromatic N) is 2. The third-order valence-electron chi connectivity index (χ3n) is 5.70. The summed E-state index contributed by atoms with van der Waals surface area (Å²) in [6.07, 6.45) is 2.46. The quantitative estimate of drug-likeness (QED) is 0.378. The van der Waals surface area contributed by atoms with E-state index in [9.17, 15) is 19.2 Å². The molecule has 0 saturated heterocycles. The first-order chi connectivity index (χ1) is 16.9. The van der Waals surface area contributed by atoms with Crippen LogP contribution in [0.3, 0.4) is 0 Å². The number of benzene rings is 2. The van der Waals surface area contributed by atoms with Gasteiger partial charge in [-0.1, -0.05) is 24.3 Å². The molecule has 0 bridgehead atoms. The van der Waals surface area contributed by atoms with E-state index >= 15 is 0 Å². The average molecular weight is 482 g/mol. The highest BCUT2D eigenvalue weighted by atomic mass is 16.5. The highest BCUT2D eigenvalue weighted by Gasteiger charge is 2.27. The minimum Gasteiger partial charge on any atom is -0.490 e. The molecule has 0 aliphatic heterocycles. The lowest BCUT2D eigenvalue weighted by Crippen LogP contribution is -2.18. The molecule has 1 saturated carbocycles. The van der Waals surface area contributed by atoms with Crippen molar-refractivity contribution >= 4 is 0 Å². The number of aromatic nitrogens is 4. The molecule has 1 fully saturated rings. The van der Waals surface area contributed by atoms with E-state index in [4.69, 9.17) is 18.5 Å². The zero-order valence-corrected chi connectivity index (χ0v) is 18.5. The van der Waals surface area contributed by atoms with Gasteiger partial charge in [-0.3, -0.25) is 0 Å². The van der Waals surface area contributed by atoms with Crippen molar-refractivity contribution in [1.29, 1.82) is 0 Å². The summed E-state index contributed by atoms with van der Waals surface area (Å²) in [5.41, 5.74) is 0.404. The topological polar surface area (TPSA) is 154 Å². The molecular formula is C23H22N4O8. The Morgan fingerprint density at radius 2 is 1.09 bits per heavy atom. The van der Waals surface area contributed by atoms with Crippen molar-refractivity contribution < 1.29 is 18.5 Å². The first-order valence-corrected chi connectivity index (χ1v) is 11.0. The number of H-pyrrole nitrogens is 2. The van der Waals surface area contributed by atoms with Crippen LogP contribution >= 0.6 is 0 Å². The van der Waals surface area contributed by atoms with E-state index in [1.165, 1.54) is 0 Å². The fourth-order valence-electron chi connectivity index (χ4n) is 4.01. The number of hydrogen-bond acceptors (Lipinski definition) is 8. The minimum absolute atomic E-state index is 0.0128. The van der Waals surface area contributed by atoms with Crippen LogP contribution in [0.4, 0.5) is 0 Å². The van der Waals surface area contributed by atoms with Crippen LogP contribution in [-0.2, 0) is 13.1 Å². The average Bonchev–Trinajstić information content (AvgIpc) is 3.49. The van der Waals surface area contributed by atoms with Crippen molar-refractivity contribution in [3.05, 3.63) is 102 Å². The van der Waals surface area contributed by atoms with Gasteiger partial charge in [0.25, 0.3) is 0 Å². The largest absolute Gasteiger partial charge is 0.490 e. The normalized spacial score (nSPS) is 17.5. The van der Waals surface area contributed by atoms with E-state index in [0.29, 0.717) is 11.5 Å². The molecule has 2 aromatic heterocycles. The molecule has 2 unspecified atom stereocenters. The lowest BCUT2D eigenvalue weighted by Gasteiger charge is -2.16. The number of nitrogens with one attached hydrogen (secondary N) is 2. The summed E-state index contributed by atoms with van der Waals surface area (Å²) in [6.45, 7) is 0.290. The van der Waals surface area contributed by atoms with Gasteiger partial charge in [0.05, 0.1) is 13.1 Å². The number of ether oxygens (including phenoxy) is 2. The van der Waals surface area contributed by atoms with Crippen molar-refractivity contribution in [3.63, 3.8) is 0 Å². The van der Waals surface area contributed by atoms with Crippen LogP contribution in [0.25, 0.3) is 0 Å². The predicted molar refractivity (Wildman–Crippen MR) is 121 cm³/mol. The molecule has 12 nitrogen and oxygen atoms in total. The Bertz CT molecular complexity index is 1400. The van der Waals surface area contributed by atoms with Crippen LogP contribution in [-0.4, -0.2) is 31.7 Å². The summed E-state index contributed by atoms with van der Waals surface area (Å²) in [5, 5.41) is 0. The molecule has 0 radical (unpaired) electrons. The molecule has 2 heterocycles. The van der Waals surface area contributed by atoms with Gasteiger partial charge in [0.2, 0.25) is 0 Å². The van der Waals surface area contributed by atoms with E-state index < -0.39 is 22.9 Å². The Balaban J connectivity index is 1.12. The van der Waals surface area contributed by atoms with E-state index in [1.54, 1.807) is 0 Å². The van der Waals surface area contributed by atoms with Crippen LogP contribution in [0.5, 0.6) is 11.5 Å². The summed E-state index contributed by atoms with van der Waals surface area (Å²) in [4.78, 5) is 49.4. The lowest BCUT2D eigenvalue weighted by atomic mass is 10.2. The smallest absolute Gasteiger partial charge is 0.440 e. The minimum atomic E-state index is -0.785. The first kappa shape index (κ1) is 22.3. The molecule has 1 aliphatic rings. The van der Waals surface area contributed by atoms with Crippen molar-refractivity contribution in [2.75, 3.05) is 0 Å². The summed E-state index contributed by atoms with van der Waals surface area (Å²) in [6, 6.07) is 14.5. The molecule has 182 valence electrons. The molecule has 2 aromatic carbocycles. The third kappa shape index (κ3) is 5.37. The van der Waals surface area contributed by atoms with Gasteiger partial charge in [0.1, 0.15) is 23.7 Å². The van der Waals surface area contributed by atoms with Gasteiger partial charge in [0.15, 0.2) is 0 Å². The molecule has 5 rings (SSSR count). The van der Waals surface area contributed by atoms with E-state index in [-0.39, 0.29) is 25.3 Å². The maximum Gasteiger partial charge on any atom is 0.440 e. The second-order valence-electron chi connectivity index (χ2n) is 8.27.